The van der Waals surface area contributed by atoms with Gasteiger partial charge in [0.05, 0.1) is 0 Å². The number of fused-ring (bicyclic) bond motifs is 1. The quantitative estimate of drug-likeness (QED) is 0.532. The molecule has 1 fully saturated rings. The molecule has 1 saturated heterocycles. The summed E-state index contributed by atoms with van der Waals surface area (Å²) in [6, 6.07) is -0.190. The molecule has 2 aliphatic rings. The fourth-order valence-electron chi connectivity index (χ4n) is 1.57. The predicted octanol–water partition coefficient (Wildman–Crippen LogP) is -0.423. The average Bonchev–Trinajstić information content (AvgIpc) is 2.15. The van der Waals surface area contributed by atoms with Gasteiger partial charge in [0.15, 0.2) is 0 Å². The van der Waals surface area contributed by atoms with Crippen molar-refractivity contribution < 1.29 is 9.90 Å². The minimum Gasteiger partial charge on any atom is -0.382 e. The first-order valence-corrected chi connectivity index (χ1v) is 4.31. The molecule has 0 saturated carbocycles. The maximum Gasteiger partial charge on any atom is 0.258 e. The Bertz CT molecular complexity index is 285. The SMILES string of the molecule is CC1NC2C=CC=CN2C(=O)C1O. The van der Waals surface area contributed by atoms with Crippen LogP contribution in [0.3, 0.4) is 0 Å². The van der Waals surface area contributed by atoms with E-state index in [0.29, 0.717) is 0 Å². The van der Waals surface area contributed by atoms with Gasteiger partial charge in [-0.1, -0.05) is 6.08 Å². The molecule has 70 valence electrons. The Morgan fingerprint density at radius 3 is 3.08 bits per heavy atom. The van der Waals surface area contributed by atoms with Crippen LogP contribution in [0.1, 0.15) is 6.92 Å². The summed E-state index contributed by atoms with van der Waals surface area (Å²) in [6.45, 7) is 1.80. The summed E-state index contributed by atoms with van der Waals surface area (Å²) in [5, 5.41) is 12.6. The summed E-state index contributed by atoms with van der Waals surface area (Å²) in [4.78, 5) is 13.0. The molecule has 0 aromatic heterocycles. The number of nitrogens with one attached hydrogen (secondary N) is 1. The molecule has 0 aromatic rings. The highest BCUT2D eigenvalue weighted by Crippen LogP contribution is 2.15. The van der Waals surface area contributed by atoms with Crippen LogP contribution in [-0.2, 0) is 4.79 Å². The van der Waals surface area contributed by atoms with E-state index in [-0.39, 0.29) is 18.1 Å². The Labute approximate surface area is 76.5 Å². The van der Waals surface area contributed by atoms with Gasteiger partial charge in [-0.15, -0.1) is 0 Å². The Morgan fingerprint density at radius 1 is 1.54 bits per heavy atom. The maximum atomic E-state index is 11.5. The van der Waals surface area contributed by atoms with E-state index in [2.05, 4.69) is 5.32 Å². The van der Waals surface area contributed by atoms with Gasteiger partial charge in [0.2, 0.25) is 0 Å². The Kier molecular flexibility index (Phi) is 1.94. The molecule has 0 spiro atoms. The molecule has 3 unspecified atom stereocenters. The number of aliphatic hydroxyl groups excluding tert-OH is 1. The van der Waals surface area contributed by atoms with E-state index in [1.165, 1.54) is 4.90 Å². The van der Waals surface area contributed by atoms with E-state index >= 15 is 0 Å². The first kappa shape index (κ1) is 8.47. The topological polar surface area (TPSA) is 52.6 Å². The standard InChI is InChI=1S/C9H12N2O2/c1-6-8(12)9(13)11-5-3-2-4-7(11)10-6/h2-8,10,12H,1H3. The molecule has 0 aromatic carbocycles. The lowest BCUT2D eigenvalue weighted by atomic mass is 10.1. The minimum atomic E-state index is -0.938. The van der Waals surface area contributed by atoms with Crippen molar-refractivity contribution in [2.75, 3.05) is 0 Å². The molecule has 2 rings (SSSR count). The monoisotopic (exact) mass is 180 g/mol. The number of aliphatic hydroxyl groups is 1. The van der Waals surface area contributed by atoms with Gasteiger partial charge in [-0.3, -0.25) is 15.0 Å². The highest BCUT2D eigenvalue weighted by atomic mass is 16.3. The predicted molar refractivity (Wildman–Crippen MR) is 47.5 cm³/mol. The number of allylic oxidation sites excluding steroid dienone is 2. The van der Waals surface area contributed by atoms with Crippen LogP contribution in [0.2, 0.25) is 0 Å². The van der Waals surface area contributed by atoms with Crippen LogP contribution in [-0.4, -0.2) is 34.2 Å². The summed E-state index contributed by atoms with van der Waals surface area (Å²) in [5.74, 6) is -0.239. The van der Waals surface area contributed by atoms with Crippen molar-refractivity contribution in [3.8, 4) is 0 Å². The van der Waals surface area contributed by atoms with Crippen molar-refractivity contribution in [1.29, 1.82) is 0 Å². The van der Waals surface area contributed by atoms with Gasteiger partial charge in [-0.05, 0) is 19.1 Å². The smallest absolute Gasteiger partial charge is 0.258 e. The van der Waals surface area contributed by atoms with E-state index in [4.69, 9.17) is 0 Å². The third-order valence-electron chi connectivity index (χ3n) is 2.37. The maximum absolute atomic E-state index is 11.5. The van der Waals surface area contributed by atoms with E-state index in [9.17, 15) is 9.90 Å². The third kappa shape index (κ3) is 1.28. The molecule has 0 bridgehead atoms. The lowest BCUT2D eigenvalue weighted by Crippen LogP contribution is -2.62. The van der Waals surface area contributed by atoms with E-state index in [0.717, 1.165) is 0 Å². The number of hydrogen-bond acceptors (Lipinski definition) is 3. The zero-order valence-corrected chi connectivity index (χ0v) is 7.34. The van der Waals surface area contributed by atoms with Crippen LogP contribution in [0, 0.1) is 0 Å². The van der Waals surface area contributed by atoms with Crippen LogP contribution < -0.4 is 5.32 Å². The summed E-state index contributed by atoms with van der Waals surface area (Å²) in [7, 11) is 0. The summed E-state index contributed by atoms with van der Waals surface area (Å²) in [5.41, 5.74) is 0. The van der Waals surface area contributed by atoms with Crippen LogP contribution in [0.15, 0.2) is 24.4 Å². The molecule has 13 heavy (non-hydrogen) atoms. The molecular weight excluding hydrogens is 168 g/mol. The molecule has 0 aliphatic carbocycles. The van der Waals surface area contributed by atoms with Gasteiger partial charge in [0.25, 0.3) is 5.91 Å². The third-order valence-corrected chi connectivity index (χ3v) is 2.37. The van der Waals surface area contributed by atoms with Crippen LogP contribution >= 0.6 is 0 Å². The second-order valence-electron chi connectivity index (χ2n) is 3.32. The highest BCUT2D eigenvalue weighted by molar-refractivity contribution is 5.84. The number of carbonyl (C=O) groups excluding carboxylic acids is 1. The molecule has 4 nitrogen and oxygen atoms in total. The largest absolute Gasteiger partial charge is 0.382 e. The minimum absolute atomic E-state index is 0.101. The molecule has 4 heteroatoms. The molecule has 3 atom stereocenters. The summed E-state index contributed by atoms with van der Waals surface area (Å²) in [6.07, 6.45) is 6.18. The highest BCUT2D eigenvalue weighted by Gasteiger charge is 2.36. The second kappa shape index (κ2) is 2.97. The van der Waals surface area contributed by atoms with Crippen LogP contribution in [0.25, 0.3) is 0 Å². The molecule has 2 N–H and O–H groups in total. The second-order valence-corrected chi connectivity index (χ2v) is 3.32. The number of carbonyl (C=O) groups is 1. The number of rotatable bonds is 0. The Hall–Kier alpha value is -1.13. The molecular formula is C9H12N2O2. The fraction of sp³-hybridized carbons (Fsp3) is 0.444. The van der Waals surface area contributed by atoms with Crippen molar-refractivity contribution in [3.63, 3.8) is 0 Å². The summed E-state index contributed by atoms with van der Waals surface area (Å²) < 4.78 is 0. The van der Waals surface area contributed by atoms with E-state index in [1.807, 2.05) is 12.2 Å². The molecule has 2 heterocycles. The van der Waals surface area contributed by atoms with Crippen molar-refractivity contribution in [2.45, 2.75) is 25.2 Å². The van der Waals surface area contributed by atoms with E-state index in [1.54, 1.807) is 19.2 Å². The molecule has 2 aliphatic heterocycles. The lowest BCUT2D eigenvalue weighted by Gasteiger charge is -2.39. The Balaban J connectivity index is 2.24. The lowest BCUT2D eigenvalue weighted by molar-refractivity contribution is -0.145. The number of hydrogen-bond donors (Lipinski definition) is 2. The van der Waals surface area contributed by atoms with Gasteiger partial charge in [-0.25, -0.2) is 0 Å². The zero-order chi connectivity index (χ0) is 9.42. The average molecular weight is 180 g/mol. The first-order valence-electron chi connectivity index (χ1n) is 4.31. The molecule has 0 radical (unpaired) electrons. The Morgan fingerprint density at radius 2 is 2.31 bits per heavy atom. The number of nitrogens with zero attached hydrogens (tertiary/aromatic N) is 1. The normalized spacial score (nSPS) is 37.8. The van der Waals surface area contributed by atoms with Gasteiger partial charge in [0.1, 0.15) is 12.3 Å². The van der Waals surface area contributed by atoms with Crippen molar-refractivity contribution in [1.82, 2.24) is 10.2 Å². The van der Waals surface area contributed by atoms with Gasteiger partial charge < -0.3 is 5.11 Å². The first-order chi connectivity index (χ1) is 6.20. The van der Waals surface area contributed by atoms with Gasteiger partial charge >= 0.3 is 0 Å². The van der Waals surface area contributed by atoms with Crippen molar-refractivity contribution in [2.24, 2.45) is 0 Å². The van der Waals surface area contributed by atoms with Gasteiger partial charge in [-0.2, -0.15) is 0 Å². The molecule has 1 amide bonds. The van der Waals surface area contributed by atoms with Crippen LogP contribution in [0.4, 0.5) is 0 Å². The summed E-state index contributed by atoms with van der Waals surface area (Å²) >= 11 is 0. The fourth-order valence-corrected chi connectivity index (χ4v) is 1.57. The zero-order valence-electron chi connectivity index (χ0n) is 7.34. The van der Waals surface area contributed by atoms with Crippen molar-refractivity contribution >= 4 is 5.91 Å². The van der Waals surface area contributed by atoms with Crippen LogP contribution in [0.5, 0.6) is 0 Å². The van der Waals surface area contributed by atoms with E-state index < -0.39 is 6.10 Å². The number of amides is 1. The van der Waals surface area contributed by atoms with Gasteiger partial charge in [0, 0.05) is 12.2 Å². The van der Waals surface area contributed by atoms with Crippen molar-refractivity contribution in [3.05, 3.63) is 24.4 Å².